The summed E-state index contributed by atoms with van der Waals surface area (Å²) in [4.78, 5) is 1.10. The normalized spacial score (nSPS) is 10.9. The lowest BCUT2D eigenvalue weighted by molar-refractivity contribution is 0.992. The van der Waals surface area contributed by atoms with Crippen molar-refractivity contribution in [3.05, 3.63) is 50.5 Å². The number of nitrogens with one attached hydrogen (secondary N) is 1. The molecule has 0 unspecified atom stereocenters. The average Bonchev–Trinajstić information content (AvgIpc) is 3.08. The highest BCUT2D eigenvalue weighted by Crippen LogP contribution is 2.28. The molecule has 2 aromatic heterocycles. The molecule has 3 rings (SSSR count). The zero-order valence-corrected chi connectivity index (χ0v) is 14.0. The number of halogens is 1. The predicted octanol–water partition coefficient (Wildman–Crippen LogP) is 4.98. The van der Waals surface area contributed by atoms with E-state index < -0.39 is 0 Å². The van der Waals surface area contributed by atoms with Gasteiger partial charge in [-0.15, -0.1) is 11.3 Å². The summed E-state index contributed by atoms with van der Waals surface area (Å²) in [6.07, 6.45) is 0.936. The van der Waals surface area contributed by atoms with Gasteiger partial charge in [-0.05, 0) is 53.8 Å². The van der Waals surface area contributed by atoms with E-state index in [2.05, 4.69) is 51.3 Å². The van der Waals surface area contributed by atoms with E-state index in [0.717, 1.165) is 27.3 Å². The van der Waals surface area contributed by atoms with E-state index in [9.17, 15) is 0 Å². The van der Waals surface area contributed by atoms with Gasteiger partial charge >= 0.3 is 0 Å². The van der Waals surface area contributed by atoms with Crippen LogP contribution in [0.15, 0.2) is 40.2 Å². The van der Waals surface area contributed by atoms with Gasteiger partial charge in [0.15, 0.2) is 10.6 Å². The Labute approximate surface area is 134 Å². The topological polar surface area (TPSA) is 33.6 Å². The van der Waals surface area contributed by atoms with Crippen LogP contribution in [-0.2, 0) is 6.42 Å². The molecule has 0 saturated carbocycles. The maximum atomic E-state index is 5.41. The van der Waals surface area contributed by atoms with E-state index in [4.69, 9.17) is 12.2 Å². The minimum Gasteiger partial charge on any atom is -0.267 e. The fourth-order valence-corrected chi connectivity index (χ4v) is 3.49. The Kier molecular flexibility index (Phi) is 3.87. The van der Waals surface area contributed by atoms with Crippen LogP contribution >= 0.6 is 39.5 Å². The Morgan fingerprint density at radius 2 is 2.25 bits per heavy atom. The quantitative estimate of drug-likeness (QED) is 0.663. The molecule has 0 aliphatic carbocycles. The van der Waals surface area contributed by atoms with Crippen LogP contribution in [-0.4, -0.2) is 14.8 Å². The number of aromatic amines is 1. The highest BCUT2D eigenvalue weighted by atomic mass is 79.9. The van der Waals surface area contributed by atoms with Crippen molar-refractivity contribution in [2.45, 2.75) is 13.3 Å². The molecular weight excluding hydrogens is 354 g/mol. The molecule has 0 spiro atoms. The van der Waals surface area contributed by atoms with Crippen LogP contribution < -0.4 is 0 Å². The zero-order chi connectivity index (χ0) is 14.1. The molecule has 0 radical (unpaired) electrons. The van der Waals surface area contributed by atoms with Gasteiger partial charge in [-0.3, -0.25) is 9.67 Å². The smallest absolute Gasteiger partial charge is 0.200 e. The van der Waals surface area contributed by atoms with Crippen molar-refractivity contribution in [1.82, 2.24) is 14.8 Å². The summed E-state index contributed by atoms with van der Waals surface area (Å²) in [5.74, 6) is 0.863. The molecule has 0 fully saturated rings. The lowest BCUT2D eigenvalue weighted by atomic mass is 10.1. The van der Waals surface area contributed by atoms with Gasteiger partial charge in [-0.25, -0.2) is 0 Å². The number of benzene rings is 1. The molecule has 1 aromatic carbocycles. The van der Waals surface area contributed by atoms with Crippen LogP contribution in [0, 0.1) is 4.77 Å². The molecule has 6 heteroatoms. The standard InChI is InChI=1S/C14H12BrN3S2/c1-2-9-8-10(15)5-6-11(9)18-13(16-17-14(18)19)12-4-3-7-20-12/h3-8H,2H2,1H3,(H,17,19). The molecule has 0 aliphatic heterocycles. The molecule has 0 saturated heterocycles. The van der Waals surface area contributed by atoms with Gasteiger partial charge in [0.05, 0.1) is 10.6 Å². The Bertz CT molecular complexity index is 787. The van der Waals surface area contributed by atoms with Crippen molar-refractivity contribution >= 4 is 39.5 Å². The molecular formula is C14H12BrN3S2. The largest absolute Gasteiger partial charge is 0.267 e. The van der Waals surface area contributed by atoms with E-state index in [1.54, 1.807) is 11.3 Å². The molecule has 3 aromatic rings. The summed E-state index contributed by atoms with van der Waals surface area (Å²) in [5, 5.41) is 9.32. The first-order valence-corrected chi connectivity index (χ1v) is 8.29. The fraction of sp³-hybridized carbons (Fsp3) is 0.143. The van der Waals surface area contributed by atoms with Gasteiger partial charge in [0.25, 0.3) is 0 Å². The molecule has 1 N–H and O–H groups in total. The summed E-state index contributed by atoms with van der Waals surface area (Å²) in [5.41, 5.74) is 2.31. The molecule has 3 nitrogen and oxygen atoms in total. The van der Waals surface area contributed by atoms with E-state index >= 15 is 0 Å². The molecule has 0 aliphatic rings. The van der Waals surface area contributed by atoms with Crippen molar-refractivity contribution in [3.63, 3.8) is 0 Å². The van der Waals surface area contributed by atoms with Gasteiger partial charge < -0.3 is 0 Å². The predicted molar refractivity (Wildman–Crippen MR) is 89.1 cm³/mol. The van der Waals surface area contributed by atoms with E-state index in [0.29, 0.717) is 4.77 Å². The number of nitrogens with zero attached hydrogens (tertiary/aromatic N) is 2. The summed E-state index contributed by atoms with van der Waals surface area (Å²) in [7, 11) is 0. The molecule has 102 valence electrons. The minimum absolute atomic E-state index is 0.616. The highest BCUT2D eigenvalue weighted by Gasteiger charge is 2.14. The lowest BCUT2D eigenvalue weighted by Crippen LogP contribution is -2.01. The molecule has 0 atom stereocenters. The van der Waals surface area contributed by atoms with Crippen LogP contribution in [0.25, 0.3) is 16.4 Å². The van der Waals surface area contributed by atoms with Gasteiger partial charge in [0.2, 0.25) is 0 Å². The molecule has 0 amide bonds. The first-order valence-electron chi connectivity index (χ1n) is 6.21. The van der Waals surface area contributed by atoms with Crippen LogP contribution in [0.5, 0.6) is 0 Å². The Morgan fingerprint density at radius 1 is 1.40 bits per heavy atom. The maximum absolute atomic E-state index is 5.41. The van der Waals surface area contributed by atoms with Crippen LogP contribution in [0.2, 0.25) is 0 Å². The van der Waals surface area contributed by atoms with Crippen molar-refractivity contribution in [2.24, 2.45) is 0 Å². The van der Waals surface area contributed by atoms with Gasteiger partial charge in [0.1, 0.15) is 0 Å². The highest BCUT2D eigenvalue weighted by molar-refractivity contribution is 9.10. The number of rotatable bonds is 3. The maximum Gasteiger partial charge on any atom is 0.200 e. The van der Waals surface area contributed by atoms with Crippen molar-refractivity contribution in [3.8, 4) is 16.4 Å². The summed E-state index contributed by atoms with van der Waals surface area (Å²) < 4.78 is 3.70. The second-order valence-corrected chi connectivity index (χ2v) is 6.54. The first kappa shape index (κ1) is 13.7. The number of hydrogen-bond donors (Lipinski definition) is 1. The van der Waals surface area contributed by atoms with Crippen molar-refractivity contribution in [2.75, 3.05) is 0 Å². The number of thiophene rings is 1. The third-order valence-corrected chi connectivity index (χ3v) is 4.71. The average molecular weight is 366 g/mol. The minimum atomic E-state index is 0.616. The zero-order valence-electron chi connectivity index (χ0n) is 10.8. The number of H-pyrrole nitrogens is 1. The van der Waals surface area contributed by atoms with Gasteiger partial charge in [-0.1, -0.05) is 28.9 Å². The van der Waals surface area contributed by atoms with Crippen LogP contribution in [0.3, 0.4) is 0 Å². The number of aromatic nitrogens is 3. The van der Waals surface area contributed by atoms with Crippen molar-refractivity contribution in [1.29, 1.82) is 0 Å². The SMILES string of the molecule is CCc1cc(Br)ccc1-n1c(-c2cccs2)n[nH]c1=S. The number of hydrogen-bond acceptors (Lipinski definition) is 3. The van der Waals surface area contributed by atoms with E-state index in [-0.39, 0.29) is 0 Å². The Hall–Kier alpha value is -1.24. The molecule has 0 bridgehead atoms. The second kappa shape index (κ2) is 5.63. The van der Waals surface area contributed by atoms with Crippen molar-refractivity contribution < 1.29 is 0 Å². The van der Waals surface area contributed by atoms with Gasteiger partial charge in [-0.2, -0.15) is 5.10 Å². The fourth-order valence-electron chi connectivity index (χ4n) is 2.15. The Balaban J connectivity index is 2.26. The number of aryl methyl sites for hydroxylation is 1. The summed E-state index contributed by atoms with van der Waals surface area (Å²) in [6, 6.07) is 10.3. The molecule has 2 heterocycles. The first-order chi connectivity index (χ1) is 9.70. The van der Waals surface area contributed by atoms with Gasteiger partial charge in [0, 0.05) is 4.47 Å². The lowest BCUT2D eigenvalue weighted by Gasteiger charge is -2.11. The van der Waals surface area contributed by atoms with E-state index in [1.165, 1.54) is 5.56 Å². The van der Waals surface area contributed by atoms with Crippen LogP contribution in [0.1, 0.15) is 12.5 Å². The summed E-state index contributed by atoms with van der Waals surface area (Å²) >= 11 is 10.6. The van der Waals surface area contributed by atoms with E-state index in [1.807, 2.05) is 22.1 Å². The monoisotopic (exact) mass is 365 g/mol. The third-order valence-electron chi connectivity index (χ3n) is 3.08. The summed E-state index contributed by atoms with van der Waals surface area (Å²) in [6.45, 7) is 2.14. The van der Waals surface area contributed by atoms with Crippen LogP contribution in [0.4, 0.5) is 0 Å². The second-order valence-electron chi connectivity index (χ2n) is 4.29. The third kappa shape index (κ3) is 2.39. The Morgan fingerprint density at radius 3 is 2.95 bits per heavy atom. The molecule has 20 heavy (non-hydrogen) atoms.